The highest BCUT2D eigenvalue weighted by Gasteiger charge is 2.34. The van der Waals surface area contributed by atoms with Crippen molar-refractivity contribution in [3.05, 3.63) is 35.9 Å². The standard InChI is InChI=1S/C13H13N5O3/c1-7-15-12(17-16-7)13(20)18-6-10(11(14)19)21-9-5-3-2-4-8(9)18/h2-5,10H,6H2,1H3,(H2,14,19)(H,15,16,17). The van der Waals surface area contributed by atoms with Gasteiger partial charge >= 0.3 is 0 Å². The Morgan fingerprint density at radius 3 is 2.86 bits per heavy atom. The van der Waals surface area contributed by atoms with Gasteiger partial charge in [-0.1, -0.05) is 12.1 Å². The Morgan fingerprint density at radius 2 is 2.19 bits per heavy atom. The average Bonchev–Trinajstić information content (AvgIpc) is 2.92. The van der Waals surface area contributed by atoms with E-state index in [1.54, 1.807) is 31.2 Å². The summed E-state index contributed by atoms with van der Waals surface area (Å²) < 4.78 is 5.50. The number of fused-ring (bicyclic) bond motifs is 1. The van der Waals surface area contributed by atoms with E-state index in [0.717, 1.165) is 0 Å². The molecule has 1 aliphatic rings. The van der Waals surface area contributed by atoms with Gasteiger partial charge in [-0.05, 0) is 19.1 Å². The van der Waals surface area contributed by atoms with E-state index in [4.69, 9.17) is 10.5 Å². The molecule has 0 aliphatic carbocycles. The number of H-pyrrole nitrogens is 1. The number of aromatic amines is 1. The molecule has 2 aromatic rings. The molecule has 1 aromatic carbocycles. The Bertz CT molecular complexity index is 711. The zero-order chi connectivity index (χ0) is 15.0. The molecule has 21 heavy (non-hydrogen) atoms. The summed E-state index contributed by atoms with van der Waals surface area (Å²) in [5.41, 5.74) is 5.85. The van der Waals surface area contributed by atoms with Crippen molar-refractivity contribution in [3.8, 4) is 5.75 Å². The molecule has 8 heteroatoms. The van der Waals surface area contributed by atoms with Gasteiger partial charge in [-0.2, -0.15) is 0 Å². The Morgan fingerprint density at radius 1 is 1.43 bits per heavy atom. The van der Waals surface area contributed by atoms with Crippen LogP contribution in [0.1, 0.15) is 16.4 Å². The monoisotopic (exact) mass is 287 g/mol. The second-order valence-corrected chi connectivity index (χ2v) is 4.64. The van der Waals surface area contributed by atoms with Crippen LogP contribution in [0.4, 0.5) is 5.69 Å². The number of carbonyl (C=O) groups is 2. The lowest BCUT2D eigenvalue weighted by Crippen LogP contribution is -2.49. The highest BCUT2D eigenvalue weighted by Crippen LogP contribution is 2.33. The second-order valence-electron chi connectivity index (χ2n) is 4.64. The van der Waals surface area contributed by atoms with E-state index in [-0.39, 0.29) is 12.4 Å². The summed E-state index contributed by atoms with van der Waals surface area (Å²) in [6.45, 7) is 1.72. The molecule has 3 rings (SSSR count). The number of aromatic nitrogens is 3. The molecular weight excluding hydrogens is 274 g/mol. The van der Waals surface area contributed by atoms with E-state index in [1.807, 2.05) is 0 Å². The third kappa shape index (κ3) is 2.31. The van der Waals surface area contributed by atoms with Crippen molar-refractivity contribution in [1.82, 2.24) is 15.2 Å². The molecule has 1 atom stereocenters. The number of anilines is 1. The van der Waals surface area contributed by atoms with Crippen LogP contribution in [0.5, 0.6) is 5.75 Å². The van der Waals surface area contributed by atoms with E-state index < -0.39 is 17.9 Å². The lowest BCUT2D eigenvalue weighted by atomic mass is 10.1. The van der Waals surface area contributed by atoms with E-state index in [1.165, 1.54) is 4.90 Å². The first-order chi connectivity index (χ1) is 10.1. The lowest BCUT2D eigenvalue weighted by Gasteiger charge is -2.32. The molecule has 108 valence electrons. The number of primary amides is 1. The molecule has 1 aliphatic heterocycles. The van der Waals surface area contributed by atoms with Gasteiger partial charge in [0.1, 0.15) is 11.6 Å². The van der Waals surface area contributed by atoms with E-state index >= 15 is 0 Å². The summed E-state index contributed by atoms with van der Waals surface area (Å²) in [5.74, 6) is -0.0539. The molecule has 1 aromatic heterocycles. The largest absolute Gasteiger partial charge is 0.477 e. The maximum Gasteiger partial charge on any atom is 0.298 e. The highest BCUT2D eigenvalue weighted by atomic mass is 16.5. The molecule has 2 amide bonds. The fourth-order valence-corrected chi connectivity index (χ4v) is 2.13. The molecular formula is C13H13N5O3. The third-order valence-electron chi connectivity index (χ3n) is 3.12. The first-order valence-electron chi connectivity index (χ1n) is 6.32. The number of carbonyl (C=O) groups excluding carboxylic acids is 2. The predicted octanol–water partition coefficient (Wildman–Crippen LogP) is 0.00622. The minimum Gasteiger partial charge on any atom is -0.477 e. The Hall–Kier alpha value is -2.90. The van der Waals surface area contributed by atoms with Crippen molar-refractivity contribution in [2.24, 2.45) is 5.73 Å². The van der Waals surface area contributed by atoms with Gasteiger partial charge in [0.15, 0.2) is 6.10 Å². The highest BCUT2D eigenvalue weighted by molar-refractivity contribution is 6.05. The number of aryl methyl sites for hydroxylation is 1. The van der Waals surface area contributed by atoms with Crippen LogP contribution in [0.2, 0.25) is 0 Å². The maximum atomic E-state index is 12.5. The molecule has 0 radical (unpaired) electrons. The van der Waals surface area contributed by atoms with Crippen molar-refractivity contribution in [3.63, 3.8) is 0 Å². The topological polar surface area (TPSA) is 114 Å². The van der Waals surface area contributed by atoms with Crippen LogP contribution in [-0.4, -0.2) is 39.6 Å². The van der Waals surface area contributed by atoms with Crippen molar-refractivity contribution < 1.29 is 14.3 Å². The zero-order valence-electron chi connectivity index (χ0n) is 11.2. The minimum atomic E-state index is -0.899. The summed E-state index contributed by atoms with van der Waals surface area (Å²) in [5, 5.41) is 6.46. The zero-order valence-corrected chi connectivity index (χ0v) is 11.2. The number of hydrogen-bond acceptors (Lipinski definition) is 5. The summed E-state index contributed by atoms with van der Waals surface area (Å²) in [6, 6.07) is 6.93. The fourth-order valence-electron chi connectivity index (χ4n) is 2.13. The smallest absolute Gasteiger partial charge is 0.298 e. The third-order valence-corrected chi connectivity index (χ3v) is 3.12. The first-order valence-corrected chi connectivity index (χ1v) is 6.32. The van der Waals surface area contributed by atoms with Crippen LogP contribution in [-0.2, 0) is 4.79 Å². The molecule has 1 unspecified atom stereocenters. The summed E-state index contributed by atoms with van der Waals surface area (Å²) in [4.78, 5) is 29.3. The van der Waals surface area contributed by atoms with Gasteiger partial charge in [-0.25, -0.2) is 4.98 Å². The molecule has 2 heterocycles. The van der Waals surface area contributed by atoms with Gasteiger partial charge in [-0.3, -0.25) is 19.6 Å². The minimum absolute atomic E-state index is 0.0266. The van der Waals surface area contributed by atoms with Crippen LogP contribution >= 0.6 is 0 Å². The SMILES string of the molecule is Cc1nc(C(=O)N2CC(C(N)=O)Oc3ccccc32)n[nH]1. The number of nitrogens with one attached hydrogen (secondary N) is 1. The van der Waals surface area contributed by atoms with Gasteiger partial charge in [0, 0.05) is 0 Å². The van der Waals surface area contributed by atoms with Crippen molar-refractivity contribution in [1.29, 1.82) is 0 Å². The van der Waals surface area contributed by atoms with Crippen molar-refractivity contribution in [2.45, 2.75) is 13.0 Å². The molecule has 0 saturated heterocycles. The summed E-state index contributed by atoms with van der Waals surface area (Å²) in [7, 11) is 0. The molecule has 8 nitrogen and oxygen atoms in total. The number of rotatable bonds is 2. The number of nitrogens with zero attached hydrogens (tertiary/aromatic N) is 3. The molecule has 0 fully saturated rings. The molecule has 0 saturated carbocycles. The number of ether oxygens (including phenoxy) is 1. The average molecular weight is 287 g/mol. The number of benzene rings is 1. The quantitative estimate of drug-likeness (QED) is 0.807. The van der Waals surface area contributed by atoms with Gasteiger partial charge < -0.3 is 10.5 Å². The summed E-state index contributed by atoms with van der Waals surface area (Å²) >= 11 is 0. The van der Waals surface area contributed by atoms with Gasteiger partial charge in [-0.15, -0.1) is 5.10 Å². The van der Waals surface area contributed by atoms with Gasteiger partial charge in [0.2, 0.25) is 5.82 Å². The van der Waals surface area contributed by atoms with Gasteiger partial charge in [0.05, 0.1) is 12.2 Å². The summed E-state index contributed by atoms with van der Waals surface area (Å²) in [6.07, 6.45) is -0.899. The number of para-hydroxylation sites is 2. The van der Waals surface area contributed by atoms with Crippen LogP contribution in [0.25, 0.3) is 0 Å². The van der Waals surface area contributed by atoms with Crippen LogP contribution in [0.3, 0.4) is 0 Å². The second kappa shape index (κ2) is 4.89. The Kier molecular flexibility index (Phi) is 3.05. The normalized spacial score (nSPS) is 17.0. The van der Waals surface area contributed by atoms with Crippen LogP contribution < -0.4 is 15.4 Å². The molecule has 0 spiro atoms. The Labute approximate surface area is 119 Å². The van der Waals surface area contributed by atoms with Crippen LogP contribution in [0, 0.1) is 6.92 Å². The predicted molar refractivity (Wildman–Crippen MR) is 72.8 cm³/mol. The van der Waals surface area contributed by atoms with E-state index in [9.17, 15) is 9.59 Å². The number of nitrogens with two attached hydrogens (primary N) is 1. The Balaban J connectivity index is 2.00. The van der Waals surface area contributed by atoms with Crippen LogP contribution in [0.15, 0.2) is 24.3 Å². The number of amides is 2. The number of hydrogen-bond donors (Lipinski definition) is 2. The van der Waals surface area contributed by atoms with Gasteiger partial charge in [0.25, 0.3) is 11.8 Å². The maximum absolute atomic E-state index is 12.5. The van der Waals surface area contributed by atoms with Crippen molar-refractivity contribution >= 4 is 17.5 Å². The molecule has 0 bridgehead atoms. The fraction of sp³-hybridized carbons (Fsp3) is 0.231. The first kappa shape index (κ1) is 13.1. The van der Waals surface area contributed by atoms with E-state index in [0.29, 0.717) is 17.3 Å². The lowest BCUT2D eigenvalue weighted by molar-refractivity contribution is -0.124. The molecule has 3 N–H and O–H groups in total. The van der Waals surface area contributed by atoms with Crippen molar-refractivity contribution in [2.75, 3.05) is 11.4 Å². The van der Waals surface area contributed by atoms with E-state index in [2.05, 4.69) is 15.2 Å².